The second-order valence-corrected chi connectivity index (χ2v) is 6.91. The molecule has 0 bridgehead atoms. The van der Waals surface area contributed by atoms with Crippen LogP contribution >= 0.6 is 0 Å². The van der Waals surface area contributed by atoms with Gasteiger partial charge in [-0.3, -0.25) is 4.79 Å². The Morgan fingerprint density at radius 3 is 2.55 bits per heavy atom. The summed E-state index contributed by atoms with van der Waals surface area (Å²) in [5, 5.41) is 0. The number of aryl methyl sites for hydroxylation is 2. The maximum atomic E-state index is 12.8. The van der Waals surface area contributed by atoms with Crippen LogP contribution in [0.5, 0.6) is 0 Å². The van der Waals surface area contributed by atoms with Crippen LogP contribution in [0, 0.1) is 0 Å². The number of hydrogen-bond donors (Lipinski definition) is 0. The van der Waals surface area contributed by atoms with Crippen LogP contribution in [-0.4, -0.2) is 17.3 Å². The molecular formula is C18H18O3S. The Morgan fingerprint density at radius 1 is 1.09 bits per heavy atom. The van der Waals surface area contributed by atoms with E-state index in [2.05, 4.69) is 0 Å². The first kappa shape index (κ1) is 15.0. The van der Waals surface area contributed by atoms with Crippen molar-refractivity contribution in [3.8, 4) is 0 Å². The van der Waals surface area contributed by atoms with E-state index in [1.807, 2.05) is 49.4 Å². The molecule has 3 nitrogen and oxygen atoms in total. The standard InChI is InChI=1S/C18H18O3S/c1-12(18(19)21-2)14-9-10-17-15(11-14)8-7-13-5-3-4-6-16(13)22(17)20/h3-6,9-12H,7-8H2,1-2H3. The fourth-order valence-corrected chi connectivity index (χ4v) is 4.27. The Kier molecular flexibility index (Phi) is 4.12. The second kappa shape index (κ2) is 6.05. The van der Waals surface area contributed by atoms with Crippen molar-refractivity contribution in [3.05, 3.63) is 59.2 Å². The normalized spacial score (nSPS) is 17.8. The van der Waals surface area contributed by atoms with Gasteiger partial charge in [0.05, 0.1) is 23.8 Å². The molecule has 2 aromatic carbocycles. The summed E-state index contributed by atoms with van der Waals surface area (Å²) in [6.07, 6.45) is 1.70. The largest absolute Gasteiger partial charge is 0.469 e. The van der Waals surface area contributed by atoms with Crippen LogP contribution < -0.4 is 0 Å². The lowest BCUT2D eigenvalue weighted by molar-refractivity contribution is -0.141. The molecule has 0 saturated carbocycles. The first-order chi connectivity index (χ1) is 10.6. The van der Waals surface area contributed by atoms with E-state index in [9.17, 15) is 9.00 Å². The van der Waals surface area contributed by atoms with Gasteiger partial charge in [0.2, 0.25) is 0 Å². The highest BCUT2D eigenvalue weighted by atomic mass is 32.2. The van der Waals surface area contributed by atoms with E-state index in [-0.39, 0.29) is 11.9 Å². The smallest absolute Gasteiger partial charge is 0.312 e. The van der Waals surface area contributed by atoms with Crippen LogP contribution in [0.4, 0.5) is 0 Å². The van der Waals surface area contributed by atoms with Gasteiger partial charge in [-0.1, -0.05) is 30.3 Å². The third-order valence-electron chi connectivity index (χ3n) is 4.18. The van der Waals surface area contributed by atoms with Crippen LogP contribution in [0.15, 0.2) is 52.3 Å². The highest BCUT2D eigenvalue weighted by molar-refractivity contribution is 7.85. The average molecular weight is 314 g/mol. The summed E-state index contributed by atoms with van der Waals surface area (Å²) < 4.78 is 17.6. The van der Waals surface area contributed by atoms with Gasteiger partial charge in [0.25, 0.3) is 0 Å². The molecule has 4 heteroatoms. The Balaban J connectivity index is 2.02. The van der Waals surface area contributed by atoms with E-state index in [0.29, 0.717) is 0 Å². The van der Waals surface area contributed by atoms with Gasteiger partial charge in [0.15, 0.2) is 0 Å². The maximum Gasteiger partial charge on any atom is 0.312 e. The molecule has 0 spiro atoms. The number of esters is 1. The van der Waals surface area contributed by atoms with E-state index in [4.69, 9.17) is 4.74 Å². The molecule has 1 aliphatic rings. The van der Waals surface area contributed by atoms with Crippen molar-refractivity contribution in [1.29, 1.82) is 0 Å². The molecule has 22 heavy (non-hydrogen) atoms. The van der Waals surface area contributed by atoms with Gasteiger partial charge < -0.3 is 4.74 Å². The molecule has 2 aromatic rings. The Morgan fingerprint density at radius 2 is 1.77 bits per heavy atom. The lowest BCUT2D eigenvalue weighted by Crippen LogP contribution is -2.11. The van der Waals surface area contributed by atoms with Gasteiger partial charge in [-0.15, -0.1) is 0 Å². The van der Waals surface area contributed by atoms with Crippen molar-refractivity contribution in [1.82, 2.24) is 0 Å². The fourth-order valence-electron chi connectivity index (χ4n) is 2.84. The third kappa shape index (κ3) is 2.59. The highest BCUT2D eigenvalue weighted by Gasteiger charge is 2.22. The van der Waals surface area contributed by atoms with Crippen molar-refractivity contribution >= 4 is 16.8 Å². The minimum atomic E-state index is -1.16. The third-order valence-corrected chi connectivity index (χ3v) is 5.77. The SMILES string of the molecule is COC(=O)C(C)c1ccc2c(c1)CCc1ccccc1S2=O. The number of carbonyl (C=O) groups excluding carboxylic acids is 1. The van der Waals surface area contributed by atoms with Crippen LogP contribution in [0.1, 0.15) is 29.5 Å². The van der Waals surface area contributed by atoms with Crippen molar-refractivity contribution in [3.63, 3.8) is 0 Å². The number of methoxy groups -OCH3 is 1. The molecule has 0 radical (unpaired) electrons. The van der Waals surface area contributed by atoms with E-state index >= 15 is 0 Å². The number of fused-ring (bicyclic) bond motifs is 2. The van der Waals surface area contributed by atoms with Gasteiger partial charge >= 0.3 is 5.97 Å². The Hall–Kier alpha value is -1.94. The number of benzene rings is 2. The van der Waals surface area contributed by atoms with Crippen LogP contribution in [0.2, 0.25) is 0 Å². The zero-order valence-electron chi connectivity index (χ0n) is 12.7. The van der Waals surface area contributed by atoms with Gasteiger partial charge in [-0.2, -0.15) is 0 Å². The van der Waals surface area contributed by atoms with Crippen molar-refractivity contribution in [2.45, 2.75) is 35.5 Å². The molecule has 114 valence electrons. The minimum absolute atomic E-state index is 0.252. The second-order valence-electron chi connectivity index (χ2n) is 5.49. The molecule has 0 aliphatic carbocycles. The van der Waals surface area contributed by atoms with Gasteiger partial charge in [-0.25, -0.2) is 4.21 Å². The van der Waals surface area contributed by atoms with E-state index in [1.165, 1.54) is 7.11 Å². The molecule has 1 aliphatic heterocycles. The Bertz CT molecular complexity index is 752. The van der Waals surface area contributed by atoms with Crippen molar-refractivity contribution in [2.75, 3.05) is 7.11 Å². The van der Waals surface area contributed by atoms with Crippen LogP contribution in [0.3, 0.4) is 0 Å². The summed E-state index contributed by atoms with van der Waals surface area (Å²) >= 11 is 0. The van der Waals surface area contributed by atoms with Crippen molar-refractivity contribution in [2.24, 2.45) is 0 Å². The first-order valence-corrected chi connectivity index (χ1v) is 8.47. The summed E-state index contributed by atoms with van der Waals surface area (Å²) in [6, 6.07) is 13.7. The summed E-state index contributed by atoms with van der Waals surface area (Å²) in [6.45, 7) is 1.83. The first-order valence-electron chi connectivity index (χ1n) is 7.32. The number of carbonyl (C=O) groups is 1. The molecule has 3 rings (SSSR count). The Labute approximate surface area is 132 Å². The lowest BCUT2D eigenvalue weighted by atomic mass is 9.96. The lowest BCUT2D eigenvalue weighted by Gasteiger charge is -2.13. The molecule has 0 aromatic heterocycles. The molecule has 0 N–H and O–H groups in total. The van der Waals surface area contributed by atoms with Gasteiger partial charge in [-0.05, 0) is 48.6 Å². The molecule has 0 amide bonds. The quantitative estimate of drug-likeness (QED) is 0.799. The average Bonchev–Trinajstić information content (AvgIpc) is 2.71. The summed E-state index contributed by atoms with van der Waals surface area (Å²) in [5.74, 6) is -0.563. The van der Waals surface area contributed by atoms with Crippen LogP contribution in [-0.2, 0) is 33.2 Å². The highest BCUT2D eigenvalue weighted by Crippen LogP contribution is 2.31. The molecule has 2 atom stereocenters. The predicted molar refractivity (Wildman–Crippen MR) is 85.4 cm³/mol. The molecule has 2 unspecified atom stereocenters. The van der Waals surface area contributed by atoms with Gasteiger partial charge in [0, 0.05) is 9.79 Å². The van der Waals surface area contributed by atoms with Crippen molar-refractivity contribution < 1.29 is 13.7 Å². The predicted octanol–water partition coefficient (Wildman–Crippen LogP) is 3.23. The fraction of sp³-hybridized carbons (Fsp3) is 0.278. The molecule has 0 fully saturated rings. The zero-order chi connectivity index (χ0) is 15.7. The number of hydrogen-bond acceptors (Lipinski definition) is 3. The van der Waals surface area contributed by atoms with E-state index in [0.717, 1.165) is 39.3 Å². The number of rotatable bonds is 2. The summed E-state index contributed by atoms with van der Waals surface area (Å²) in [5.41, 5.74) is 3.11. The van der Waals surface area contributed by atoms with E-state index < -0.39 is 10.8 Å². The summed E-state index contributed by atoms with van der Waals surface area (Å²) in [4.78, 5) is 13.5. The molecular weight excluding hydrogens is 296 g/mol. The zero-order valence-corrected chi connectivity index (χ0v) is 13.5. The minimum Gasteiger partial charge on any atom is -0.469 e. The topological polar surface area (TPSA) is 43.4 Å². The number of ether oxygens (including phenoxy) is 1. The maximum absolute atomic E-state index is 12.8. The van der Waals surface area contributed by atoms with E-state index in [1.54, 1.807) is 0 Å². The molecule has 1 heterocycles. The van der Waals surface area contributed by atoms with Crippen LogP contribution in [0.25, 0.3) is 0 Å². The van der Waals surface area contributed by atoms with Gasteiger partial charge in [0.1, 0.15) is 0 Å². The summed E-state index contributed by atoms with van der Waals surface area (Å²) in [7, 11) is 0.239. The molecule has 0 saturated heterocycles. The monoisotopic (exact) mass is 314 g/mol.